The number of anilines is 1. The standard InChI is InChI=1S/C27H28Cl3N3O4S/c1-4-25(27(35)31-3)32(16-22-23(29)9-6-10-24(22)30)26(34)17-33(20-8-5-7-18(2)15-20)38(36,37)21-13-11-19(28)12-14-21/h5-15,25H,4,16-17H2,1-3H3,(H,31,35)/t25-/m0/s1. The molecule has 0 saturated carbocycles. The van der Waals surface area contributed by atoms with Crippen LogP contribution in [-0.2, 0) is 26.2 Å². The lowest BCUT2D eigenvalue weighted by Crippen LogP contribution is -2.51. The molecule has 3 aromatic rings. The van der Waals surface area contributed by atoms with Gasteiger partial charge in [0.25, 0.3) is 10.0 Å². The summed E-state index contributed by atoms with van der Waals surface area (Å²) in [6, 6.07) is 16.6. The van der Waals surface area contributed by atoms with Crippen LogP contribution in [0.2, 0.25) is 15.1 Å². The van der Waals surface area contributed by atoms with E-state index in [0.29, 0.717) is 26.3 Å². The summed E-state index contributed by atoms with van der Waals surface area (Å²) in [6.07, 6.45) is 0.280. The Bertz CT molecular complexity index is 1400. The average Bonchev–Trinajstić information content (AvgIpc) is 2.88. The van der Waals surface area contributed by atoms with Crippen molar-refractivity contribution in [1.29, 1.82) is 0 Å². The van der Waals surface area contributed by atoms with E-state index in [1.807, 2.05) is 13.0 Å². The van der Waals surface area contributed by atoms with Gasteiger partial charge in [-0.15, -0.1) is 0 Å². The number of nitrogens with one attached hydrogen (secondary N) is 1. The summed E-state index contributed by atoms with van der Waals surface area (Å²) in [7, 11) is -2.72. The van der Waals surface area contributed by atoms with Crippen molar-refractivity contribution in [1.82, 2.24) is 10.2 Å². The molecule has 0 fully saturated rings. The fourth-order valence-electron chi connectivity index (χ4n) is 3.99. The highest BCUT2D eigenvalue weighted by Gasteiger charge is 2.34. The second-order valence-electron chi connectivity index (χ2n) is 8.56. The molecule has 0 unspecified atom stereocenters. The van der Waals surface area contributed by atoms with Crippen LogP contribution in [-0.4, -0.2) is 44.8 Å². The van der Waals surface area contributed by atoms with E-state index in [2.05, 4.69) is 5.32 Å². The van der Waals surface area contributed by atoms with Gasteiger partial charge in [0.2, 0.25) is 11.8 Å². The number of likely N-dealkylation sites (N-methyl/N-ethyl adjacent to an activating group) is 1. The first-order valence-electron chi connectivity index (χ1n) is 11.8. The Balaban J connectivity index is 2.10. The van der Waals surface area contributed by atoms with E-state index in [-0.39, 0.29) is 17.9 Å². The highest BCUT2D eigenvalue weighted by atomic mass is 35.5. The van der Waals surface area contributed by atoms with Crippen molar-refractivity contribution in [2.24, 2.45) is 0 Å². The zero-order chi connectivity index (χ0) is 28.0. The molecule has 7 nitrogen and oxygen atoms in total. The van der Waals surface area contributed by atoms with Crippen molar-refractivity contribution < 1.29 is 18.0 Å². The molecule has 0 aromatic heterocycles. The van der Waals surface area contributed by atoms with E-state index in [1.54, 1.807) is 43.3 Å². The van der Waals surface area contributed by atoms with Crippen LogP contribution >= 0.6 is 34.8 Å². The lowest BCUT2D eigenvalue weighted by Gasteiger charge is -2.33. The second-order valence-corrected chi connectivity index (χ2v) is 11.7. The summed E-state index contributed by atoms with van der Waals surface area (Å²) < 4.78 is 28.6. The topological polar surface area (TPSA) is 86.8 Å². The van der Waals surface area contributed by atoms with Crippen molar-refractivity contribution in [2.75, 3.05) is 17.9 Å². The van der Waals surface area contributed by atoms with Crippen LogP contribution in [0.1, 0.15) is 24.5 Å². The van der Waals surface area contributed by atoms with E-state index < -0.39 is 34.4 Å². The first kappa shape index (κ1) is 29.8. The smallest absolute Gasteiger partial charge is 0.264 e. The maximum Gasteiger partial charge on any atom is 0.264 e. The van der Waals surface area contributed by atoms with Gasteiger partial charge in [-0.1, -0.05) is 59.9 Å². The Morgan fingerprint density at radius 2 is 1.55 bits per heavy atom. The minimum absolute atomic E-state index is 0.0322. The minimum atomic E-state index is -4.19. The summed E-state index contributed by atoms with van der Waals surface area (Å²) in [5.41, 5.74) is 1.56. The lowest BCUT2D eigenvalue weighted by molar-refractivity contribution is -0.140. The summed E-state index contributed by atoms with van der Waals surface area (Å²) in [5, 5.41) is 3.60. The van der Waals surface area contributed by atoms with Crippen molar-refractivity contribution in [3.63, 3.8) is 0 Å². The fourth-order valence-corrected chi connectivity index (χ4v) is 6.03. The first-order chi connectivity index (χ1) is 18.0. The lowest BCUT2D eigenvalue weighted by atomic mass is 10.1. The molecule has 0 radical (unpaired) electrons. The Kier molecular flexibility index (Phi) is 10.1. The maximum absolute atomic E-state index is 13.9. The SMILES string of the molecule is CC[C@@H](C(=O)NC)N(Cc1c(Cl)cccc1Cl)C(=O)CN(c1cccc(C)c1)S(=O)(=O)c1ccc(Cl)cc1. The van der Waals surface area contributed by atoms with Crippen LogP contribution in [0, 0.1) is 6.92 Å². The molecule has 3 aromatic carbocycles. The number of sulfonamides is 1. The van der Waals surface area contributed by atoms with Gasteiger partial charge in [-0.2, -0.15) is 0 Å². The zero-order valence-electron chi connectivity index (χ0n) is 21.1. The van der Waals surface area contributed by atoms with E-state index in [9.17, 15) is 18.0 Å². The van der Waals surface area contributed by atoms with Crippen LogP contribution in [0.4, 0.5) is 5.69 Å². The van der Waals surface area contributed by atoms with Crippen LogP contribution in [0.25, 0.3) is 0 Å². The summed E-state index contributed by atoms with van der Waals surface area (Å²) in [6.45, 7) is 2.93. The third-order valence-corrected chi connectivity index (χ3v) is 8.74. The number of amides is 2. The minimum Gasteiger partial charge on any atom is -0.357 e. The Morgan fingerprint density at radius 1 is 0.947 bits per heavy atom. The predicted molar refractivity (Wildman–Crippen MR) is 152 cm³/mol. The molecule has 2 amide bonds. The van der Waals surface area contributed by atoms with E-state index in [0.717, 1.165) is 9.87 Å². The third-order valence-electron chi connectivity index (χ3n) is 5.99. The third kappa shape index (κ3) is 6.80. The molecule has 1 N–H and O–H groups in total. The van der Waals surface area contributed by atoms with Crippen molar-refractivity contribution in [3.8, 4) is 0 Å². The number of carbonyl (C=O) groups excluding carboxylic acids is 2. The molecule has 0 aliphatic heterocycles. The monoisotopic (exact) mass is 595 g/mol. The van der Waals surface area contributed by atoms with Crippen molar-refractivity contribution in [2.45, 2.75) is 37.8 Å². The average molecular weight is 597 g/mol. The van der Waals surface area contributed by atoms with Gasteiger partial charge in [0.05, 0.1) is 10.6 Å². The second kappa shape index (κ2) is 12.8. The molecule has 202 valence electrons. The van der Waals surface area contributed by atoms with Gasteiger partial charge in [-0.05, 0) is 67.4 Å². The number of benzene rings is 3. The number of hydrogen-bond donors (Lipinski definition) is 1. The van der Waals surface area contributed by atoms with Gasteiger partial charge >= 0.3 is 0 Å². The molecular weight excluding hydrogens is 569 g/mol. The Morgan fingerprint density at radius 3 is 2.11 bits per heavy atom. The molecule has 0 spiro atoms. The summed E-state index contributed by atoms with van der Waals surface area (Å²) in [5.74, 6) is -0.998. The van der Waals surface area contributed by atoms with Crippen LogP contribution < -0.4 is 9.62 Å². The van der Waals surface area contributed by atoms with Crippen LogP contribution in [0.5, 0.6) is 0 Å². The Hall–Kier alpha value is -2.78. The van der Waals surface area contributed by atoms with Crippen molar-refractivity contribution in [3.05, 3.63) is 92.9 Å². The maximum atomic E-state index is 13.9. The van der Waals surface area contributed by atoms with Crippen molar-refractivity contribution >= 4 is 62.3 Å². The molecule has 3 rings (SSSR count). The van der Waals surface area contributed by atoms with E-state index in [1.165, 1.54) is 36.2 Å². The number of rotatable bonds is 10. The number of carbonyl (C=O) groups is 2. The molecule has 11 heteroatoms. The normalized spacial score (nSPS) is 12.1. The summed E-state index contributed by atoms with van der Waals surface area (Å²) in [4.78, 5) is 28.0. The van der Waals surface area contributed by atoms with Gasteiger partial charge < -0.3 is 10.2 Å². The molecular formula is C27H28Cl3N3O4S. The van der Waals surface area contributed by atoms with Gasteiger partial charge in [-0.3, -0.25) is 13.9 Å². The highest BCUT2D eigenvalue weighted by molar-refractivity contribution is 7.92. The van der Waals surface area contributed by atoms with Gasteiger partial charge in [-0.25, -0.2) is 8.42 Å². The van der Waals surface area contributed by atoms with Gasteiger partial charge in [0.15, 0.2) is 0 Å². The van der Waals surface area contributed by atoms with Crippen LogP contribution in [0.3, 0.4) is 0 Å². The number of halogens is 3. The van der Waals surface area contributed by atoms with E-state index >= 15 is 0 Å². The molecule has 0 aliphatic rings. The molecule has 0 bridgehead atoms. The summed E-state index contributed by atoms with van der Waals surface area (Å²) >= 11 is 18.7. The Labute approximate surface area is 238 Å². The molecule has 0 aliphatic carbocycles. The first-order valence-corrected chi connectivity index (χ1v) is 14.4. The van der Waals surface area contributed by atoms with Gasteiger partial charge in [0.1, 0.15) is 12.6 Å². The fraction of sp³-hybridized carbons (Fsp3) is 0.259. The molecule has 0 heterocycles. The van der Waals surface area contributed by atoms with Crippen LogP contribution in [0.15, 0.2) is 71.6 Å². The number of aryl methyl sites for hydroxylation is 1. The molecule has 38 heavy (non-hydrogen) atoms. The highest BCUT2D eigenvalue weighted by Crippen LogP contribution is 2.29. The molecule has 0 saturated heterocycles. The largest absolute Gasteiger partial charge is 0.357 e. The zero-order valence-corrected chi connectivity index (χ0v) is 24.2. The number of nitrogens with zero attached hydrogens (tertiary/aromatic N) is 2. The molecule has 1 atom stereocenters. The quantitative estimate of drug-likeness (QED) is 0.325. The van der Waals surface area contributed by atoms with Gasteiger partial charge in [0, 0.05) is 34.2 Å². The van der Waals surface area contributed by atoms with E-state index in [4.69, 9.17) is 34.8 Å². The number of hydrogen-bond acceptors (Lipinski definition) is 4. The predicted octanol–water partition coefficient (Wildman–Crippen LogP) is 5.70.